The molecule has 0 saturated carbocycles. The summed E-state index contributed by atoms with van der Waals surface area (Å²) < 4.78 is 0. The fourth-order valence-electron chi connectivity index (χ4n) is 1.67. The highest BCUT2D eigenvalue weighted by molar-refractivity contribution is 5.93. The van der Waals surface area contributed by atoms with Gasteiger partial charge in [0.05, 0.1) is 0 Å². The molecular formula is C15H18N4O. The first-order valence-electron chi connectivity index (χ1n) is 6.51. The topological polar surface area (TPSA) is 66.9 Å². The first-order valence-corrected chi connectivity index (χ1v) is 6.51. The molecule has 0 unspecified atom stereocenters. The van der Waals surface area contributed by atoms with E-state index in [0.717, 1.165) is 5.69 Å². The Morgan fingerprint density at radius 3 is 2.50 bits per heavy atom. The molecule has 2 aromatic rings. The van der Waals surface area contributed by atoms with Crippen LogP contribution in [0.2, 0.25) is 0 Å². The van der Waals surface area contributed by atoms with E-state index in [2.05, 4.69) is 20.6 Å². The summed E-state index contributed by atoms with van der Waals surface area (Å²) in [5.74, 6) is 0.395. The highest BCUT2D eigenvalue weighted by Gasteiger charge is 2.09. The molecule has 2 rings (SSSR count). The van der Waals surface area contributed by atoms with Crippen LogP contribution in [0.5, 0.6) is 0 Å². The first-order chi connectivity index (χ1) is 9.54. The van der Waals surface area contributed by atoms with Crippen LogP contribution in [0.15, 0.2) is 36.7 Å². The van der Waals surface area contributed by atoms with E-state index in [4.69, 9.17) is 0 Å². The zero-order valence-electron chi connectivity index (χ0n) is 11.8. The van der Waals surface area contributed by atoms with Crippen molar-refractivity contribution in [3.63, 3.8) is 0 Å². The summed E-state index contributed by atoms with van der Waals surface area (Å²) in [5.41, 5.74) is 2.46. The molecule has 2 N–H and O–H groups in total. The fourth-order valence-corrected chi connectivity index (χ4v) is 1.67. The number of hydrogen-bond acceptors (Lipinski definition) is 4. The van der Waals surface area contributed by atoms with Crippen LogP contribution in [0.3, 0.4) is 0 Å². The van der Waals surface area contributed by atoms with Crippen molar-refractivity contribution in [1.82, 2.24) is 15.3 Å². The lowest BCUT2D eigenvalue weighted by Gasteiger charge is -2.09. The molecule has 1 aromatic carbocycles. The van der Waals surface area contributed by atoms with E-state index < -0.39 is 0 Å². The van der Waals surface area contributed by atoms with Gasteiger partial charge in [-0.1, -0.05) is 17.7 Å². The maximum absolute atomic E-state index is 11.9. The third-order valence-corrected chi connectivity index (χ3v) is 2.64. The van der Waals surface area contributed by atoms with Gasteiger partial charge in [0.1, 0.15) is 17.8 Å². The van der Waals surface area contributed by atoms with E-state index in [-0.39, 0.29) is 11.9 Å². The standard InChI is InChI=1S/C15H18N4O/c1-10(2)18-15(20)13-8-14(17-9-16-13)19-12-6-4-11(3)5-7-12/h4-10H,1-3H3,(H,18,20)(H,16,17,19). The average Bonchev–Trinajstić information content (AvgIpc) is 2.41. The van der Waals surface area contributed by atoms with Crippen LogP contribution < -0.4 is 10.6 Å². The molecule has 104 valence electrons. The Kier molecular flexibility index (Phi) is 4.30. The molecule has 0 spiro atoms. The number of carbonyl (C=O) groups is 1. The van der Waals surface area contributed by atoms with Crippen LogP contribution in [-0.4, -0.2) is 21.9 Å². The lowest BCUT2D eigenvalue weighted by atomic mass is 10.2. The van der Waals surface area contributed by atoms with E-state index in [0.29, 0.717) is 11.5 Å². The van der Waals surface area contributed by atoms with Gasteiger partial charge in [-0.25, -0.2) is 9.97 Å². The second-order valence-electron chi connectivity index (χ2n) is 4.91. The zero-order valence-corrected chi connectivity index (χ0v) is 11.8. The number of carbonyl (C=O) groups excluding carboxylic acids is 1. The number of rotatable bonds is 4. The predicted molar refractivity (Wildman–Crippen MR) is 79.1 cm³/mol. The van der Waals surface area contributed by atoms with E-state index in [1.54, 1.807) is 6.07 Å². The second-order valence-corrected chi connectivity index (χ2v) is 4.91. The van der Waals surface area contributed by atoms with Crippen LogP contribution in [0.25, 0.3) is 0 Å². The Morgan fingerprint density at radius 1 is 1.15 bits per heavy atom. The van der Waals surface area contributed by atoms with Crippen molar-refractivity contribution in [2.24, 2.45) is 0 Å². The van der Waals surface area contributed by atoms with Gasteiger partial charge in [-0.05, 0) is 32.9 Å². The molecule has 5 heteroatoms. The number of aryl methyl sites for hydroxylation is 1. The average molecular weight is 270 g/mol. The number of hydrogen-bond donors (Lipinski definition) is 2. The van der Waals surface area contributed by atoms with E-state index in [1.807, 2.05) is 45.0 Å². The van der Waals surface area contributed by atoms with E-state index in [9.17, 15) is 4.79 Å². The Labute approximate surface area is 118 Å². The minimum absolute atomic E-state index is 0.0750. The molecule has 0 atom stereocenters. The molecule has 0 bridgehead atoms. The number of benzene rings is 1. The van der Waals surface area contributed by atoms with Crippen molar-refractivity contribution in [3.05, 3.63) is 47.9 Å². The molecule has 0 aliphatic heterocycles. The molecule has 0 saturated heterocycles. The third kappa shape index (κ3) is 3.78. The third-order valence-electron chi connectivity index (χ3n) is 2.64. The predicted octanol–water partition coefficient (Wildman–Crippen LogP) is 2.67. The van der Waals surface area contributed by atoms with Gasteiger partial charge >= 0.3 is 0 Å². The maximum atomic E-state index is 11.9. The second kappa shape index (κ2) is 6.14. The number of aromatic nitrogens is 2. The van der Waals surface area contributed by atoms with Crippen molar-refractivity contribution in [2.45, 2.75) is 26.8 Å². The molecule has 20 heavy (non-hydrogen) atoms. The first kappa shape index (κ1) is 14.0. The molecule has 0 aliphatic carbocycles. The highest BCUT2D eigenvalue weighted by Crippen LogP contribution is 2.15. The monoisotopic (exact) mass is 270 g/mol. The number of nitrogens with one attached hydrogen (secondary N) is 2. The summed E-state index contributed by atoms with van der Waals surface area (Å²) in [6, 6.07) is 9.66. The van der Waals surface area contributed by atoms with E-state index in [1.165, 1.54) is 11.9 Å². The Morgan fingerprint density at radius 2 is 1.85 bits per heavy atom. The molecule has 0 fully saturated rings. The van der Waals surface area contributed by atoms with Gasteiger partial charge in [-0.2, -0.15) is 0 Å². The number of anilines is 2. The van der Waals surface area contributed by atoms with Crippen molar-refractivity contribution < 1.29 is 4.79 Å². The molecular weight excluding hydrogens is 252 g/mol. The van der Waals surface area contributed by atoms with Gasteiger partial charge in [0.25, 0.3) is 5.91 Å². The minimum atomic E-state index is -0.200. The molecule has 1 heterocycles. The minimum Gasteiger partial charge on any atom is -0.349 e. The van der Waals surface area contributed by atoms with Crippen LogP contribution in [0, 0.1) is 6.92 Å². The number of amides is 1. The molecule has 5 nitrogen and oxygen atoms in total. The highest BCUT2D eigenvalue weighted by atomic mass is 16.1. The summed E-state index contributed by atoms with van der Waals surface area (Å²) in [7, 11) is 0. The fraction of sp³-hybridized carbons (Fsp3) is 0.267. The van der Waals surface area contributed by atoms with Crippen LogP contribution in [-0.2, 0) is 0 Å². The largest absolute Gasteiger partial charge is 0.349 e. The summed E-state index contributed by atoms with van der Waals surface area (Å²) in [4.78, 5) is 20.0. The normalized spacial score (nSPS) is 10.4. The maximum Gasteiger partial charge on any atom is 0.270 e. The van der Waals surface area contributed by atoms with Gasteiger partial charge in [0.2, 0.25) is 0 Å². The van der Waals surface area contributed by atoms with Crippen molar-refractivity contribution in [3.8, 4) is 0 Å². The van der Waals surface area contributed by atoms with Gasteiger partial charge in [0, 0.05) is 17.8 Å². The van der Waals surface area contributed by atoms with E-state index >= 15 is 0 Å². The lowest BCUT2D eigenvalue weighted by Crippen LogP contribution is -2.30. The van der Waals surface area contributed by atoms with Gasteiger partial charge in [-0.3, -0.25) is 4.79 Å². The summed E-state index contributed by atoms with van der Waals surface area (Å²) >= 11 is 0. The molecule has 0 aliphatic rings. The number of nitrogens with zero attached hydrogens (tertiary/aromatic N) is 2. The summed E-state index contributed by atoms with van der Waals surface area (Å²) in [5, 5.41) is 5.95. The van der Waals surface area contributed by atoms with Crippen LogP contribution in [0.1, 0.15) is 29.9 Å². The van der Waals surface area contributed by atoms with Crippen LogP contribution in [0.4, 0.5) is 11.5 Å². The van der Waals surface area contributed by atoms with Gasteiger partial charge in [0.15, 0.2) is 0 Å². The molecule has 1 amide bonds. The van der Waals surface area contributed by atoms with Gasteiger partial charge < -0.3 is 10.6 Å². The smallest absolute Gasteiger partial charge is 0.270 e. The van der Waals surface area contributed by atoms with Crippen LogP contribution >= 0.6 is 0 Å². The van der Waals surface area contributed by atoms with Crippen molar-refractivity contribution in [2.75, 3.05) is 5.32 Å². The summed E-state index contributed by atoms with van der Waals surface area (Å²) in [6.07, 6.45) is 1.38. The Balaban J connectivity index is 2.13. The molecule has 0 radical (unpaired) electrons. The summed E-state index contributed by atoms with van der Waals surface area (Å²) in [6.45, 7) is 5.85. The van der Waals surface area contributed by atoms with Crippen molar-refractivity contribution >= 4 is 17.4 Å². The lowest BCUT2D eigenvalue weighted by molar-refractivity contribution is 0.0938. The Hall–Kier alpha value is -2.43. The van der Waals surface area contributed by atoms with Crippen molar-refractivity contribution in [1.29, 1.82) is 0 Å². The molecule has 1 aromatic heterocycles. The SMILES string of the molecule is Cc1ccc(Nc2cc(C(=O)NC(C)C)ncn2)cc1. The zero-order chi connectivity index (χ0) is 14.5. The Bertz CT molecular complexity index is 593. The van der Waals surface area contributed by atoms with Gasteiger partial charge in [-0.15, -0.1) is 0 Å². The quantitative estimate of drug-likeness (QED) is 0.896.